The number of anilines is 3. The van der Waals surface area contributed by atoms with Crippen molar-refractivity contribution in [2.24, 2.45) is 0 Å². The van der Waals surface area contributed by atoms with Gasteiger partial charge < -0.3 is 19.3 Å². The molecule has 0 fully saturated rings. The molecule has 0 saturated carbocycles. The van der Waals surface area contributed by atoms with Crippen LogP contribution in [0.3, 0.4) is 0 Å². The Labute approximate surface area is 457 Å². The van der Waals surface area contributed by atoms with Gasteiger partial charge in [-0.1, -0.05) is 173 Å². The van der Waals surface area contributed by atoms with Gasteiger partial charge in [0.15, 0.2) is 0 Å². The molecule has 5 aliphatic rings. The summed E-state index contributed by atoms with van der Waals surface area (Å²) < 4.78 is 9.18. The van der Waals surface area contributed by atoms with Gasteiger partial charge in [-0.05, 0) is 152 Å². The van der Waals surface area contributed by atoms with Crippen LogP contribution in [0.1, 0.15) is 141 Å². The molecule has 77 heavy (non-hydrogen) atoms. The van der Waals surface area contributed by atoms with Crippen LogP contribution in [0.2, 0.25) is 0 Å². The molecular formula is C70H72BN5O. The van der Waals surface area contributed by atoms with Crippen LogP contribution >= 0.6 is 0 Å². The molecule has 6 aromatic carbocycles. The molecule has 0 bridgehead atoms. The molecule has 0 unspecified atom stereocenters. The molecule has 8 aromatic rings. The minimum absolute atomic E-state index is 0.0163. The summed E-state index contributed by atoms with van der Waals surface area (Å²) >= 11 is 0. The van der Waals surface area contributed by atoms with Crippen LogP contribution in [-0.2, 0) is 27.1 Å². The number of ether oxygens (including phenoxy) is 1. The molecule has 7 heteroatoms. The van der Waals surface area contributed by atoms with Crippen molar-refractivity contribution in [2.75, 3.05) is 16.5 Å². The fourth-order valence-electron chi connectivity index (χ4n) is 13.3. The first-order valence-electron chi connectivity index (χ1n) is 28.1. The monoisotopic (exact) mass is 1010 g/mol. The molecular weight excluding hydrogens is 938 g/mol. The van der Waals surface area contributed by atoms with Crippen LogP contribution in [0.4, 0.5) is 17.1 Å². The van der Waals surface area contributed by atoms with Gasteiger partial charge in [-0.15, -0.1) is 0 Å². The number of nitrogens with zero attached hydrogens (tertiary/aromatic N) is 5. The fourth-order valence-corrected chi connectivity index (χ4v) is 13.3. The van der Waals surface area contributed by atoms with Crippen molar-refractivity contribution in [3.8, 4) is 17.3 Å². The van der Waals surface area contributed by atoms with Gasteiger partial charge in [-0.3, -0.25) is 4.57 Å². The lowest BCUT2D eigenvalue weighted by molar-refractivity contribution is 0.332. The highest BCUT2D eigenvalue weighted by molar-refractivity contribution is 6.68. The predicted octanol–water partition coefficient (Wildman–Crippen LogP) is 17.8. The van der Waals surface area contributed by atoms with Crippen LogP contribution in [0.5, 0.6) is 11.5 Å². The molecule has 3 aliphatic heterocycles. The highest BCUT2D eigenvalue weighted by Gasteiger charge is 2.41. The maximum absolute atomic E-state index is 6.90. The molecule has 2 aliphatic carbocycles. The Kier molecular flexibility index (Phi) is 11.2. The van der Waals surface area contributed by atoms with Gasteiger partial charge in [0.2, 0.25) is 0 Å². The standard InChI is InChI=1S/C70H72BN5O/c1-66(2,3)49-31-38-72-64(41-49)76-60-20-13-12-19-54(60)55-26-25-52(43-63(55)76)77-51-18-16-17-50(42-51)73-45-74(62-22-15-14-21-61(62)73)65-53(47-24-28-57-59(40-47)70(10,11)35-33-68(57,6)7)30-37-71-36-29-48(44-75(65)71)46-23-27-56-58(39-46)69(8,9)34-32-67(56,4)5/h12-31,36-44H,32-35,45H2,1-11H3. The van der Waals surface area contributed by atoms with Crippen molar-refractivity contribution in [1.82, 2.24) is 14.4 Å². The number of para-hydroxylation sites is 3. The summed E-state index contributed by atoms with van der Waals surface area (Å²) in [6.45, 7) is 26.8. The summed E-state index contributed by atoms with van der Waals surface area (Å²) in [6, 6.07) is 51.6. The van der Waals surface area contributed by atoms with Crippen LogP contribution in [0.25, 0.3) is 38.8 Å². The summed E-state index contributed by atoms with van der Waals surface area (Å²) in [5.41, 5.74) is 18.1. The SMILES string of the molecule is CC(C)(C)c1ccnc(-n2c3ccccc3c3ccc(Oc4cccc(N5CN(C6=C(c7ccc8c(c7)C(C)(C)CCC8(C)C)C=CB7C=CC(c8ccc9c(c8)C(C)(C)CCC9(C)C)=CN76)c6ccccc65)c4)cc32)c1. The van der Waals surface area contributed by atoms with E-state index in [1.807, 2.05) is 6.20 Å². The molecule has 0 radical (unpaired) electrons. The van der Waals surface area contributed by atoms with Crippen molar-refractivity contribution >= 4 is 56.9 Å². The Morgan fingerprint density at radius 3 is 1.86 bits per heavy atom. The third kappa shape index (κ3) is 8.26. The van der Waals surface area contributed by atoms with Crippen molar-refractivity contribution in [1.29, 1.82) is 0 Å². The maximum atomic E-state index is 6.90. The van der Waals surface area contributed by atoms with Crippen molar-refractivity contribution < 1.29 is 4.74 Å². The Balaban J connectivity index is 0.902. The summed E-state index contributed by atoms with van der Waals surface area (Å²) in [7, 11) is 0. The highest BCUT2D eigenvalue weighted by atomic mass is 16.5. The van der Waals surface area contributed by atoms with Crippen LogP contribution in [0.15, 0.2) is 182 Å². The minimum Gasteiger partial charge on any atom is -0.457 e. The third-order valence-electron chi connectivity index (χ3n) is 18.2. The number of allylic oxidation sites excluding steroid dienone is 4. The number of rotatable bonds is 7. The summed E-state index contributed by atoms with van der Waals surface area (Å²) in [5.74, 6) is 8.42. The molecule has 0 saturated heterocycles. The average Bonchev–Trinajstić information content (AvgIpc) is 4.10. The molecule has 0 atom stereocenters. The van der Waals surface area contributed by atoms with Gasteiger partial charge >= 0.3 is 6.85 Å². The average molecular weight is 1010 g/mol. The number of hydrogen-bond donors (Lipinski definition) is 0. The van der Waals surface area contributed by atoms with E-state index in [4.69, 9.17) is 9.72 Å². The zero-order valence-corrected chi connectivity index (χ0v) is 47.0. The topological polar surface area (TPSA) is 36.8 Å². The first-order valence-corrected chi connectivity index (χ1v) is 28.1. The van der Waals surface area contributed by atoms with E-state index >= 15 is 0 Å². The zero-order valence-electron chi connectivity index (χ0n) is 47.0. The summed E-state index contributed by atoms with van der Waals surface area (Å²) in [4.78, 5) is 12.5. The molecule has 386 valence electrons. The second-order valence-corrected chi connectivity index (χ2v) is 26.3. The largest absolute Gasteiger partial charge is 0.457 e. The van der Waals surface area contributed by atoms with E-state index in [9.17, 15) is 0 Å². The van der Waals surface area contributed by atoms with E-state index in [-0.39, 0.29) is 33.9 Å². The maximum Gasteiger partial charge on any atom is 0.314 e. The Hall–Kier alpha value is -7.51. The zero-order chi connectivity index (χ0) is 53.4. The lowest BCUT2D eigenvalue weighted by atomic mass is 9.56. The molecule has 6 nitrogen and oxygen atoms in total. The van der Waals surface area contributed by atoms with Crippen LogP contribution in [0, 0.1) is 0 Å². The van der Waals surface area contributed by atoms with Crippen molar-refractivity contribution in [2.45, 2.75) is 129 Å². The number of hydrogen-bond acceptors (Lipinski definition) is 5. The number of benzene rings is 6. The molecule has 2 aromatic heterocycles. The summed E-state index contributed by atoms with van der Waals surface area (Å²) in [6.07, 6.45) is 13.9. The van der Waals surface area contributed by atoms with E-state index in [0.29, 0.717) is 6.67 Å². The lowest BCUT2D eigenvalue weighted by Gasteiger charge is -2.43. The van der Waals surface area contributed by atoms with Gasteiger partial charge in [-0.25, -0.2) is 4.98 Å². The van der Waals surface area contributed by atoms with Gasteiger partial charge in [0.05, 0.1) is 22.4 Å². The normalized spacial score (nSPS) is 18.8. The first kappa shape index (κ1) is 49.1. The molecule has 5 heterocycles. The highest BCUT2D eigenvalue weighted by Crippen LogP contribution is 2.51. The van der Waals surface area contributed by atoms with Crippen molar-refractivity contribution in [3.05, 3.63) is 221 Å². The number of aromatic nitrogens is 2. The second kappa shape index (κ2) is 17.5. The van der Waals surface area contributed by atoms with Crippen molar-refractivity contribution in [3.63, 3.8) is 0 Å². The third-order valence-corrected chi connectivity index (χ3v) is 18.2. The van der Waals surface area contributed by atoms with E-state index in [1.165, 1.54) is 86.2 Å². The van der Waals surface area contributed by atoms with E-state index in [0.717, 1.165) is 51.5 Å². The molecule has 0 N–H and O–H groups in total. The van der Waals surface area contributed by atoms with E-state index in [1.54, 1.807) is 0 Å². The van der Waals surface area contributed by atoms with Gasteiger partial charge in [-0.2, -0.15) is 0 Å². The minimum atomic E-state index is -0.0163. The quantitative estimate of drug-likeness (QED) is 0.149. The van der Waals surface area contributed by atoms with Gasteiger partial charge in [0, 0.05) is 46.6 Å². The summed E-state index contributed by atoms with van der Waals surface area (Å²) in [5, 5.41) is 2.35. The smallest absolute Gasteiger partial charge is 0.314 e. The number of pyridine rings is 1. The Morgan fingerprint density at radius 1 is 0.532 bits per heavy atom. The van der Waals surface area contributed by atoms with Gasteiger partial charge in [0.1, 0.15) is 29.8 Å². The fraction of sp³-hybridized carbons (Fsp3) is 0.300. The molecule has 13 rings (SSSR count). The lowest BCUT2D eigenvalue weighted by Crippen LogP contribution is -2.44. The number of fused-ring (bicyclic) bond motifs is 7. The molecule has 0 amide bonds. The Morgan fingerprint density at radius 2 is 1.14 bits per heavy atom. The first-order chi connectivity index (χ1) is 36.7. The van der Waals surface area contributed by atoms with E-state index in [2.05, 4.69) is 265 Å². The second-order valence-electron chi connectivity index (χ2n) is 26.3. The van der Waals surface area contributed by atoms with E-state index < -0.39 is 0 Å². The molecule has 0 spiro atoms. The van der Waals surface area contributed by atoms with Crippen LogP contribution in [-0.4, -0.2) is 27.9 Å². The Bertz CT molecular complexity index is 3850. The van der Waals surface area contributed by atoms with Crippen LogP contribution < -0.4 is 14.5 Å². The predicted molar refractivity (Wildman–Crippen MR) is 324 cm³/mol. The van der Waals surface area contributed by atoms with Gasteiger partial charge in [0.25, 0.3) is 0 Å².